The van der Waals surface area contributed by atoms with Crippen LogP contribution in [-0.2, 0) is 4.79 Å². The quantitative estimate of drug-likeness (QED) is 0.710. The van der Waals surface area contributed by atoms with Crippen LogP contribution in [0.3, 0.4) is 0 Å². The van der Waals surface area contributed by atoms with E-state index in [2.05, 4.69) is 22.0 Å². The van der Waals surface area contributed by atoms with Gasteiger partial charge in [0.2, 0.25) is 5.91 Å². The first-order valence-corrected chi connectivity index (χ1v) is 10.9. The molecule has 0 N–H and O–H groups in total. The number of fused-ring (bicyclic) bond motifs is 2. The lowest BCUT2D eigenvalue weighted by molar-refractivity contribution is -0.133. The molecule has 29 heavy (non-hydrogen) atoms. The Morgan fingerprint density at radius 2 is 2.00 bits per heavy atom. The van der Waals surface area contributed by atoms with Crippen molar-refractivity contribution in [2.75, 3.05) is 6.54 Å². The largest absolute Gasteiger partial charge is 0.339 e. The summed E-state index contributed by atoms with van der Waals surface area (Å²) in [6, 6.07) is 10.9. The number of pyridine rings is 1. The lowest BCUT2D eigenvalue weighted by atomic mass is 9.67. The van der Waals surface area contributed by atoms with Gasteiger partial charge in [-0.2, -0.15) is 0 Å². The topological polar surface area (TPSA) is 33.2 Å². The van der Waals surface area contributed by atoms with E-state index >= 15 is 0 Å². The second-order valence-electron chi connectivity index (χ2n) is 8.78. The monoisotopic (exact) mass is 390 g/mol. The molecule has 0 spiro atoms. The molecule has 3 aliphatic rings. The smallest absolute Gasteiger partial charge is 0.222 e. The number of benzene rings is 1. The zero-order valence-corrected chi connectivity index (χ0v) is 16.6. The number of halogens is 1. The molecule has 5 rings (SSSR count). The molecule has 1 aliphatic carbocycles. The van der Waals surface area contributed by atoms with Gasteiger partial charge in [-0.1, -0.05) is 43.2 Å². The summed E-state index contributed by atoms with van der Waals surface area (Å²) < 4.78 is 13.5. The summed E-state index contributed by atoms with van der Waals surface area (Å²) in [6.45, 7) is 0.975. The van der Waals surface area contributed by atoms with Gasteiger partial charge in [-0.15, -0.1) is 0 Å². The maximum Gasteiger partial charge on any atom is 0.222 e. The molecule has 2 saturated heterocycles. The third kappa shape index (κ3) is 3.61. The summed E-state index contributed by atoms with van der Waals surface area (Å²) in [6.07, 6.45) is 13.2. The predicted octanol–water partition coefficient (Wildman–Crippen LogP) is 5.33. The molecule has 1 amide bonds. The zero-order chi connectivity index (χ0) is 19.8. The van der Waals surface area contributed by atoms with Gasteiger partial charge in [-0.25, -0.2) is 4.39 Å². The van der Waals surface area contributed by atoms with Crippen molar-refractivity contribution < 1.29 is 9.18 Å². The summed E-state index contributed by atoms with van der Waals surface area (Å²) in [7, 11) is 0. The molecule has 150 valence electrons. The molecule has 3 nitrogen and oxygen atoms in total. The normalized spacial score (nSPS) is 29.1. The number of nitrogens with zero attached hydrogens (tertiary/aromatic N) is 2. The van der Waals surface area contributed by atoms with Crippen molar-refractivity contribution in [2.45, 2.75) is 44.6 Å². The Morgan fingerprint density at radius 3 is 2.83 bits per heavy atom. The van der Waals surface area contributed by atoms with Crippen LogP contribution in [0.15, 0.2) is 48.7 Å². The van der Waals surface area contributed by atoms with E-state index in [0.29, 0.717) is 36.1 Å². The number of amides is 1. The average molecular weight is 391 g/mol. The lowest BCUT2D eigenvalue weighted by Gasteiger charge is -2.48. The Hall–Kier alpha value is -2.49. The Bertz CT molecular complexity index is 923. The van der Waals surface area contributed by atoms with Crippen LogP contribution in [-0.4, -0.2) is 28.4 Å². The van der Waals surface area contributed by atoms with E-state index in [0.717, 1.165) is 29.8 Å². The van der Waals surface area contributed by atoms with Gasteiger partial charge >= 0.3 is 0 Å². The fourth-order valence-electron chi connectivity index (χ4n) is 5.72. The van der Waals surface area contributed by atoms with Crippen LogP contribution >= 0.6 is 0 Å². The number of carbonyl (C=O) groups is 1. The summed E-state index contributed by atoms with van der Waals surface area (Å²) >= 11 is 0. The van der Waals surface area contributed by atoms with Gasteiger partial charge in [0, 0.05) is 36.7 Å². The first-order chi connectivity index (χ1) is 14.2. The maximum atomic E-state index is 13.5. The fraction of sp³-hybridized carbons (Fsp3) is 0.440. The molecular weight excluding hydrogens is 363 g/mol. The van der Waals surface area contributed by atoms with Crippen molar-refractivity contribution in [3.05, 3.63) is 60.1 Å². The predicted molar refractivity (Wildman–Crippen MR) is 112 cm³/mol. The third-order valence-corrected chi connectivity index (χ3v) is 7.13. The van der Waals surface area contributed by atoms with Crippen molar-refractivity contribution in [1.82, 2.24) is 9.88 Å². The van der Waals surface area contributed by atoms with E-state index in [1.165, 1.54) is 37.8 Å². The third-order valence-electron chi connectivity index (χ3n) is 7.13. The lowest BCUT2D eigenvalue weighted by Crippen LogP contribution is -2.51. The Morgan fingerprint density at radius 1 is 1.10 bits per heavy atom. The summed E-state index contributed by atoms with van der Waals surface area (Å²) in [5, 5.41) is 0. The van der Waals surface area contributed by atoms with Gasteiger partial charge in [-0.05, 0) is 54.9 Å². The van der Waals surface area contributed by atoms with E-state index in [-0.39, 0.29) is 5.82 Å². The first-order valence-electron chi connectivity index (χ1n) is 10.9. The molecule has 3 unspecified atom stereocenters. The van der Waals surface area contributed by atoms with Gasteiger partial charge in [0.1, 0.15) is 5.82 Å². The van der Waals surface area contributed by atoms with Crippen LogP contribution in [0, 0.1) is 23.6 Å². The van der Waals surface area contributed by atoms with Crippen molar-refractivity contribution in [3.8, 4) is 11.3 Å². The molecule has 1 saturated carbocycles. The highest BCUT2D eigenvalue weighted by atomic mass is 19.1. The van der Waals surface area contributed by atoms with E-state index in [9.17, 15) is 9.18 Å². The molecule has 4 atom stereocenters. The molecule has 0 bridgehead atoms. The van der Waals surface area contributed by atoms with Crippen molar-refractivity contribution >= 4 is 12.0 Å². The van der Waals surface area contributed by atoms with Crippen LogP contribution in [0.5, 0.6) is 0 Å². The number of aromatic nitrogens is 1. The van der Waals surface area contributed by atoms with Gasteiger partial charge in [0.15, 0.2) is 0 Å². The number of rotatable bonds is 3. The Kier molecular flexibility index (Phi) is 4.94. The van der Waals surface area contributed by atoms with Gasteiger partial charge in [0.05, 0.1) is 5.69 Å². The number of hydrogen-bond acceptors (Lipinski definition) is 2. The van der Waals surface area contributed by atoms with Crippen LogP contribution in [0.1, 0.15) is 44.1 Å². The summed E-state index contributed by atoms with van der Waals surface area (Å²) in [5.74, 6) is 1.90. The molecule has 2 aliphatic heterocycles. The first kappa shape index (κ1) is 18.5. The molecule has 1 aromatic heterocycles. The molecule has 3 fully saturated rings. The van der Waals surface area contributed by atoms with Crippen molar-refractivity contribution in [2.24, 2.45) is 17.8 Å². The minimum absolute atomic E-state index is 0.247. The minimum atomic E-state index is -0.247. The Balaban J connectivity index is 1.37. The van der Waals surface area contributed by atoms with Crippen molar-refractivity contribution in [3.63, 3.8) is 0 Å². The summed E-state index contributed by atoms with van der Waals surface area (Å²) in [5.41, 5.74) is 2.62. The number of hydrogen-bond donors (Lipinski definition) is 0. The van der Waals surface area contributed by atoms with E-state index < -0.39 is 0 Å². The standard InChI is InChI=1S/C25H27FN2O/c26-20-6-3-5-18(14-20)23-11-9-17(15-27-23)8-10-22-21-7-2-1-4-19(21)16-28-24(22)12-13-25(28)29/h3,5-6,8-11,14-15,19,21-22,24H,1-2,4,7,12-13,16H2/b10-8+/t19?,21?,22?,24-/m1/s1. The summed E-state index contributed by atoms with van der Waals surface area (Å²) in [4.78, 5) is 19.1. The van der Waals surface area contributed by atoms with Gasteiger partial charge in [0.25, 0.3) is 0 Å². The number of piperidine rings is 1. The van der Waals surface area contributed by atoms with Crippen molar-refractivity contribution in [1.29, 1.82) is 0 Å². The Labute approximate surface area is 171 Å². The molecular formula is C25H27FN2O. The van der Waals surface area contributed by atoms with E-state index in [1.807, 2.05) is 24.4 Å². The second kappa shape index (κ2) is 7.74. The molecule has 4 heteroatoms. The SMILES string of the molecule is O=C1CC[C@@H]2C(/C=C/c3ccc(-c4cccc(F)c4)nc3)C3CCCCC3CN12. The number of carbonyl (C=O) groups excluding carboxylic acids is 1. The molecule has 3 heterocycles. The highest BCUT2D eigenvalue weighted by Crippen LogP contribution is 2.46. The van der Waals surface area contributed by atoms with Crippen LogP contribution in [0.4, 0.5) is 4.39 Å². The van der Waals surface area contributed by atoms with E-state index in [1.54, 1.807) is 6.07 Å². The second-order valence-corrected chi connectivity index (χ2v) is 8.78. The zero-order valence-electron chi connectivity index (χ0n) is 16.6. The van der Waals surface area contributed by atoms with Crippen LogP contribution in [0.25, 0.3) is 17.3 Å². The van der Waals surface area contributed by atoms with Crippen LogP contribution < -0.4 is 0 Å². The van der Waals surface area contributed by atoms with Crippen LogP contribution in [0.2, 0.25) is 0 Å². The highest BCUT2D eigenvalue weighted by molar-refractivity contribution is 5.79. The average Bonchev–Trinajstić information content (AvgIpc) is 3.12. The fourth-order valence-corrected chi connectivity index (χ4v) is 5.72. The highest BCUT2D eigenvalue weighted by Gasteiger charge is 2.47. The molecule has 2 aromatic rings. The maximum absolute atomic E-state index is 13.5. The van der Waals surface area contributed by atoms with E-state index in [4.69, 9.17) is 0 Å². The van der Waals surface area contributed by atoms with Gasteiger partial charge in [-0.3, -0.25) is 9.78 Å². The van der Waals surface area contributed by atoms with Gasteiger partial charge < -0.3 is 4.90 Å². The minimum Gasteiger partial charge on any atom is -0.339 e. The molecule has 1 aromatic carbocycles. The molecule has 0 radical (unpaired) electrons.